The summed E-state index contributed by atoms with van der Waals surface area (Å²) in [6, 6.07) is 7.39. The molecular formula is C22H34N4O4. The molecule has 166 valence electrons. The van der Waals surface area contributed by atoms with Crippen LogP contribution in [-0.4, -0.2) is 36.7 Å². The van der Waals surface area contributed by atoms with Gasteiger partial charge in [-0.1, -0.05) is 51.0 Å². The van der Waals surface area contributed by atoms with E-state index in [4.69, 9.17) is 0 Å². The van der Waals surface area contributed by atoms with Gasteiger partial charge in [0.1, 0.15) is 12.8 Å². The average molecular weight is 419 g/mol. The fraction of sp³-hybridized carbons (Fsp3) is 0.545. The molecule has 0 aliphatic heterocycles. The van der Waals surface area contributed by atoms with Gasteiger partial charge in [-0.25, -0.2) is 0 Å². The van der Waals surface area contributed by atoms with Crippen molar-refractivity contribution in [3.8, 4) is 0 Å². The minimum Gasteiger partial charge on any atom is -0.356 e. The van der Waals surface area contributed by atoms with Gasteiger partial charge in [0.15, 0.2) is 0 Å². The van der Waals surface area contributed by atoms with E-state index < -0.39 is 0 Å². The van der Waals surface area contributed by atoms with Crippen LogP contribution in [-0.2, 0) is 32.3 Å². The number of hydrogen-bond donors (Lipinski definition) is 4. The molecule has 1 aromatic carbocycles. The van der Waals surface area contributed by atoms with Crippen LogP contribution in [0.15, 0.2) is 24.3 Å². The van der Waals surface area contributed by atoms with E-state index in [0.717, 1.165) is 36.8 Å². The van der Waals surface area contributed by atoms with Crippen LogP contribution in [0, 0.1) is 0 Å². The molecule has 1 aromatic rings. The van der Waals surface area contributed by atoms with Crippen molar-refractivity contribution < 1.29 is 19.2 Å². The monoisotopic (exact) mass is 418 g/mol. The van der Waals surface area contributed by atoms with E-state index in [-0.39, 0.29) is 36.5 Å². The first kappa shape index (κ1) is 25.1. The van der Waals surface area contributed by atoms with E-state index in [1.807, 2.05) is 38.1 Å². The predicted octanol–water partition coefficient (Wildman–Crippen LogP) is 1.53. The van der Waals surface area contributed by atoms with Crippen LogP contribution in [0.25, 0.3) is 0 Å². The van der Waals surface area contributed by atoms with Gasteiger partial charge in [0.25, 0.3) is 0 Å². The zero-order valence-corrected chi connectivity index (χ0v) is 18.0. The van der Waals surface area contributed by atoms with Crippen LogP contribution in [0.4, 0.5) is 0 Å². The molecule has 4 amide bonds. The van der Waals surface area contributed by atoms with Crippen molar-refractivity contribution in [1.82, 2.24) is 21.3 Å². The number of carbonyl (C=O) groups is 4. The molecule has 30 heavy (non-hydrogen) atoms. The molecule has 0 atom stereocenters. The number of amides is 4. The molecule has 0 aromatic heterocycles. The lowest BCUT2D eigenvalue weighted by molar-refractivity contribution is -0.131. The highest BCUT2D eigenvalue weighted by molar-refractivity contribution is 5.97. The maximum Gasteiger partial charge on any atom is 0.229 e. The quantitative estimate of drug-likeness (QED) is 0.271. The minimum atomic E-state index is -0.322. The lowest BCUT2D eigenvalue weighted by Gasteiger charge is -2.08. The average Bonchev–Trinajstić information content (AvgIpc) is 2.72. The lowest BCUT2D eigenvalue weighted by atomic mass is 10.1. The SMILES string of the molecule is CCCCNC(=O)CC(=O)NCc1ccc(CNC(=O)CC(=O)NCCCC)cc1. The summed E-state index contributed by atoms with van der Waals surface area (Å²) in [5.41, 5.74) is 1.78. The number of rotatable bonds is 14. The largest absolute Gasteiger partial charge is 0.356 e. The third kappa shape index (κ3) is 11.8. The topological polar surface area (TPSA) is 116 Å². The lowest BCUT2D eigenvalue weighted by Crippen LogP contribution is -2.32. The van der Waals surface area contributed by atoms with E-state index in [0.29, 0.717) is 26.2 Å². The molecule has 0 aliphatic rings. The Hall–Kier alpha value is -2.90. The van der Waals surface area contributed by atoms with Crippen LogP contribution in [0.2, 0.25) is 0 Å². The fourth-order valence-corrected chi connectivity index (χ4v) is 2.53. The Bertz CT molecular complexity index is 630. The van der Waals surface area contributed by atoms with Crippen molar-refractivity contribution in [2.75, 3.05) is 13.1 Å². The van der Waals surface area contributed by atoms with E-state index in [1.54, 1.807) is 0 Å². The van der Waals surface area contributed by atoms with E-state index in [9.17, 15) is 19.2 Å². The van der Waals surface area contributed by atoms with Crippen LogP contribution < -0.4 is 21.3 Å². The Morgan fingerprint density at radius 1 is 0.600 bits per heavy atom. The van der Waals surface area contributed by atoms with Gasteiger partial charge in [0.05, 0.1) is 0 Å². The molecule has 0 heterocycles. The number of nitrogens with one attached hydrogen (secondary N) is 4. The van der Waals surface area contributed by atoms with Crippen molar-refractivity contribution in [2.45, 2.75) is 65.5 Å². The van der Waals surface area contributed by atoms with Gasteiger partial charge < -0.3 is 21.3 Å². The molecule has 0 saturated heterocycles. The maximum atomic E-state index is 11.8. The van der Waals surface area contributed by atoms with Crippen molar-refractivity contribution in [3.63, 3.8) is 0 Å². The smallest absolute Gasteiger partial charge is 0.229 e. The van der Waals surface area contributed by atoms with E-state index >= 15 is 0 Å². The normalized spacial score (nSPS) is 10.2. The number of carbonyl (C=O) groups excluding carboxylic acids is 4. The van der Waals surface area contributed by atoms with Gasteiger partial charge in [-0.2, -0.15) is 0 Å². The Morgan fingerprint density at radius 2 is 0.933 bits per heavy atom. The number of hydrogen-bond acceptors (Lipinski definition) is 4. The summed E-state index contributed by atoms with van der Waals surface area (Å²) in [5.74, 6) is -1.19. The molecule has 8 heteroatoms. The van der Waals surface area contributed by atoms with Crippen molar-refractivity contribution in [3.05, 3.63) is 35.4 Å². The molecule has 1 rings (SSSR count). The molecule has 8 nitrogen and oxygen atoms in total. The van der Waals surface area contributed by atoms with Crippen molar-refractivity contribution >= 4 is 23.6 Å². The summed E-state index contributed by atoms with van der Waals surface area (Å²) in [4.78, 5) is 46.9. The van der Waals surface area contributed by atoms with E-state index in [1.165, 1.54) is 0 Å². The van der Waals surface area contributed by atoms with Gasteiger partial charge in [-0.05, 0) is 24.0 Å². The molecule has 0 bridgehead atoms. The van der Waals surface area contributed by atoms with Gasteiger partial charge in [0, 0.05) is 26.2 Å². The molecule has 4 N–H and O–H groups in total. The van der Waals surface area contributed by atoms with Crippen LogP contribution in [0.5, 0.6) is 0 Å². The molecule has 0 aliphatic carbocycles. The number of benzene rings is 1. The van der Waals surface area contributed by atoms with Crippen LogP contribution in [0.1, 0.15) is 63.5 Å². The first-order chi connectivity index (χ1) is 14.4. The second kappa shape index (κ2) is 15.0. The zero-order chi connectivity index (χ0) is 22.2. The second-order valence-corrected chi connectivity index (χ2v) is 7.13. The Morgan fingerprint density at radius 3 is 1.27 bits per heavy atom. The maximum absolute atomic E-state index is 11.8. The molecule has 0 radical (unpaired) electrons. The van der Waals surface area contributed by atoms with E-state index in [2.05, 4.69) is 21.3 Å². The summed E-state index contributed by atoms with van der Waals surface area (Å²) in [5, 5.41) is 10.9. The Balaban J connectivity index is 2.28. The van der Waals surface area contributed by atoms with Gasteiger partial charge >= 0.3 is 0 Å². The number of unbranched alkanes of at least 4 members (excludes halogenated alkanes) is 2. The summed E-state index contributed by atoms with van der Waals surface area (Å²) in [7, 11) is 0. The highest BCUT2D eigenvalue weighted by Crippen LogP contribution is 2.04. The summed E-state index contributed by atoms with van der Waals surface area (Å²) in [6.07, 6.45) is 3.40. The highest BCUT2D eigenvalue weighted by atomic mass is 16.2. The van der Waals surface area contributed by atoms with Crippen molar-refractivity contribution in [2.24, 2.45) is 0 Å². The Labute approximate surface area is 178 Å². The first-order valence-corrected chi connectivity index (χ1v) is 10.6. The third-order valence-corrected chi connectivity index (χ3v) is 4.35. The van der Waals surface area contributed by atoms with Crippen molar-refractivity contribution in [1.29, 1.82) is 0 Å². The molecule has 0 fully saturated rings. The summed E-state index contributed by atoms with van der Waals surface area (Å²) >= 11 is 0. The fourth-order valence-electron chi connectivity index (χ4n) is 2.53. The standard InChI is InChI=1S/C22H34N4O4/c1-3-5-11-23-19(27)13-21(29)25-15-17-7-9-18(10-8-17)16-26-22(30)14-20(28)24-12-6-4-2/h7-10H,3-6,11-16H2,1-2H3,(H,23,27)(H,24,28)(H,25,29)(H,26,30). The van der Waals surface area contributed by atoms with Crippen LogP contribution in [0.3, 0.4) is 0 Å². The zero-order valence-electron chi connectivity index (χ0n) is 18.0. The predicted molar refractivity (Wildman–Crippen MR) is 115 cm³/mol. The summed E-state index contributed by atoms with van der Waals surface area (Å²) < 4.78 is 0. The third-order valence-electron chi connectivity index (χ3n) is 4.35. The minimum absolute atomic E-state index is 0.181. The van der Waals surface area contributed by atoms with Gasteiger partial charge in [-0.3, -0.25) is 19.2 Å². The molecule has 0 spiro atoms. The molecule has 0 unspecified atom stereocenters. The summed E-state index contributed by atoms with van der Waals surface area (Å²) in [6.45, 7) is 5.89. The second-order valence-electron chi connectivity index (χ2n) is 7.13. The van der Waals surface area contributed by atoms with Crippen LogP contribution >= 0.6 is 0 Å². The molecular weight excluding hydrogens is 384 g/mol. The molecule has 0 saturated carbocycles. The first-order valence-electron chi connectivity index (χ1n) is 10.6. The Kier molecular flexibility index (Phi) is 12.6. The highest BCUT2D eigenvalue weighted by Gasteiger charge is 2.10. The van der Waals surface area contributed by atoms with Gasteiger partial charge in [-0.15, -0.1) is 0 Å². The van der Waals surface area contributed by atoms with Gasteiger partial charge in [0.2, 0.25) is 23.6 Å².